The number of urea groups is 1. The van der Waals surface area contributed by atoms with E-state index in [-0.39, 0.29) is 48.3 Å². The summed E-state index contributed by atoms with van der Waals surface area (Å²) in [4.78, 5) is 70.1. The Morgan fingerprint density at radius 1 is 0.980 bits per heavy atom. The average molecular weight is 730 g/mol. The number of nitrogens with zero attached hydrogens (tertiary/aromatic N) is 1. The summed E-state index contributed by atoms with van der Waals surface area (Å²) in [6.07, 6.45) is 13.8. The van der Waals surface area contributed by atoms with Gasteiger partial charge in [0.25, 0.3) is 5.91 Å². The van der Waals surface area contributed by atoms with Crippen molar-refractivity contribution in [3.8, 4) is 12.3 Å². The molecule has 4 rings (SSSR count). The number of amides is 5. The van der Waals surface area contributed by atoms with E-state index in [9.17, 15) is 32.4 Å². The number of carbonyl (C=O) groups excluding carboxylic acids is 5. The molecule has 3 saturated carbocycles. The number of terminal acetylenes is 1. The van der Waals surface area contributed by atoms with Gasteiger partial charge < -0.3 is 26.2 Å². The van der Waals surface area contributed by atoms with Crippen molar-refractivity contribution in [2.75, 3.05) is 18.8 Å². The molecule has 1 aliphatic heterocycles. The van der Waals surface area contributed by atoms with Crippen LogP contribution in [0.5, 0.6) is 0 Å². The van der Waals surface area contributed by atoms with Crippen LogP contribution in [0.15, 0.2) is 12.7 Å². The van der Waals surface area contributed by atoms with Gasteiger partial charge >= 0.3 is 6.03 Å². The minimum atomic E-state index is -3.58. The summed E-state index contributed by atoms with van der Waals surface area (Å²) >= 11 is 0. The monoisotopic (exact) mass is 729 g/mol. The second-order valence-corrected chi connectivity index (χ2v) is 19.9. The van der Waals surface area contributed by atoms with Gasteiger partial charge in [-0.15, -0.1) is 18.9 Å². The lowest BCUT2D eigenvalue weighted by Crippen LogP contribution is -2.64. The molecule has 1 saturated heterocycles. The van der Waals surface area contributed by atoms with Crippen LogP contribution in [0, 0.1) is 35.0 Å². The Balaban J connectivity index is 1.60. The molecule has 0 bridgehead atoms. The molecule has 4 fully saturated rings. The number of piperidine rings is 1. The lowest BCUT2D eigenvalue weighted by molar-refractivity contribution is -0.145. The molecule has 1 heterocycles. The van der Waals surface area contributed by atoms with Crippen molar-refractivity contribution in [1.29, 1.82) is 0 Å². The number of carbonyl (C=O) groups is 5. The molecule has 0 aromatic carbocycles. The molecule has 2 unspecified atom stereocenters. The first kappa shape index (κ1) is 40.4. The van der Waals surface area contributed by atoms with E-state index in [1.165, 1.54) is 6.08 Å². The molecule has 51 heavy (non-hydrogen) atoms. The number of hydrogen-bond donors (Lipinski definition) is 4. The molecule has 4 N–H and O–H groups in total. The molecule has 0 spiro atoms. The number of fused-ring (bicyclic) bond motifs is 1. The summed E-state index contributed by atoms with van der Waals surface area (Å²) in [5.41, 5.74) is -1.79. The van der Waals surface area contributed by atoms with Crippen molar-refractivity contribution in [2.45, 2.75) is 141 Å². The van der Waals surface area contributed by atoms with Gasteiger partial charge in [-0.2, -0.15) is 0 Å². The highest BCUT2D eigenvalue weighted by molar-refractivity contribution is 7.92. The van der Waals surface area contributed by atoms with E-state index in [1.54, 1.807) is 25.7 Å². The van der Waals surface area contributed by atoms with Gasteiger partial charge in [0.05, 0.1) is 22.1 Å². The standard InChI is InChI=1S/C38H59N5O7S/c1-9-11-17-26(29(44)32(46)39-22-10-2)40-31(45)28-27-25(36(27,6)7)23-43(28)33(47)30(37(8)18-15-16-19-37)41-34(48)42-38(20-13-12-14-21-38)24-51(49,50)35(3,4)5/h1,10,25-28,30H,2,11-24H2,3-8H3,(H,39,46)(H,40,45)(H2,41,42,48)/t25-,26?,27?,28-,30+/m0/s1. The quantitative estimate of drug-likeness (QED) is 0.121. The molecule has 5 amide bonds. The van der Waals surface area contributed by atoms with Crippen LogP contribution >= 0.6 is 0 Å². The van der Waals surface area contributed by atoms with Crippen LogP contribution in [0.2, 0.25) is 0 Å². The molecular weight excluding hydrogens is 671 g/mol. The third kappa shape index (κ3) is 8.64. The Morgan fingerprint density at radius 3 is 2.16 bits per heavy atom. The van der Waals surface area contributed by atoms with Gasteiger partial charge in [-0.25, -0.2) is 13.2 Å². The molecule has 0 aromatic rings. The zero-order valence-corrected chi connectivity index (χ0v) is 32.2. The third-order valence-electron chi connectivity index (χ3n) is 12.2. The number of sulfone groups is 1. The predicted octanol–water partition coefficient (Wildman–Crippen LogP) is 3.40. The van der Waals surface area contributed by atoms with E-state index in [0.29, 0.717) is 32.2 Å². The van der Waals surface area contributed by atoms with E-state index in [2.05, 4.69) is 33.8 Å². The SMILES string of the molecule is C#CCCC(NC(=O)[C@@H]1C2[C@H](CN1C(=O)[C@@H](NC(=O)NC1(CS(=O)(=O)C(C)(C)C)CCCCC1)C1(C)CCCC1)C2(C)C)C(=O)C(=O)NCC=C. The predicted molar refractivity (Wildman–Crippen MR) is 196 cm³/mol. The number of likely N-dealkylation sites (tertiary alicyclic amines) is 1. The number of ketones is 1. The van der Waals surface area contributed by atoms with Gasteiger partial charge in [0, 0.05) is 19.5 Å². The van der Waals surface area contributed by atoms with Gasteiger partial charge in [-0.05, 0) is 75.5 Å². The lowest BCUT2D eigenvalue weighted by atomic mass is 9.79. The van der Waals surface area contributed by atoms with Gasteiger partial charge in [0.15, 0.2) is 9.84 Å². The maximum atomic E-state index is 14.8. The Hall–Kier alpha value is -3.40. The van der Waals surface area contributed by atoms with Crippen molar-refractivity contribution >= 4 is 39.4 Å². The number of rotatable bonds is 14. The van der Waals surface area contributed by atoms with Crippen LogP contribution in [0.4, 0.5) is 4.79 Å². The zero-order chi connectivity index (χ0) is 38.0. The van der Waals surface area contributed by atoms with Crippen LogP contribution < -0.4 is 21.3 Å². The molecule has 12 nitrogen and oxygen atoms in total. The van der Waals surface area contributed by atoms with Gasteiger partial charge in [-0.1, -0.05) is 59.0 Å². The lowest BCUT2D eigenvalue weighted by Gasteiger charge is -2.42. The van der Waals surface area contributed by atoms with Crippen molar-refractivity contribution in [2.24, 2.45) is 22.7 Å². The highest BCUT2D eigenvalue weighted by Gasteiger charge is 2.70. The fourth-order valence-electron chi connectivity index (χ4n) is 8.67. The number of hydrogen-bond acceptors (Lipinski definition) is 7. The highest BCUT2D eigenvalue weighted by Crippen LogP contribution is 2.65. The molecule has 0 aromatic heterocycles. The summed E-state index contributed by atoms with van der Waals surface area (Å²) in [5.74, 6) is -0.495. The Morgan fingerprint density at radius 2 is 1.59 bits per heavy atom. The fraction of sp³-hybridized carbons (Fsp3) is 0.763. The molecule has 13 heteroatoms. The minimum absolute atomic E-state index is 0.0342. The maximum absolute atomic E-state index is 14.8. The van der Waals surface area contributed by atoms with Crippen LogP contribution in [0.3, 0.4) is 0 Å². The summed E-state index contributed by atoms with van der Waals surface area (Å²) in [6.45, 7) is 15.0. The molecule has 4 aliphatic rings. The number of nitrogens with one attached hydrogen (secondary N) is 4. The van der Waals surface area contributed by atoms with Gasteiger partial charge in [0.2, 0.25) is 17.6 Å². The zero-order valence-electron chi connectivity index (χ0n) is 31.4. The van der Waals surface area contributed by atoms with Crippen LogP contribution in [0.1, 0.15) is 112 Å². The summed E-state index contributed by atoms with van der Waals surface area (Å²) in [5, 5.41) is 11.3. The van der Waals surface area contributed by atoms with E-state index in [0.717, 1.165) is 32.1 Å². The topological polar surface area (TPSA) is 171 Å². The normalized spacial score (nSPS) is 25.7. The first-order valence-electron chi connectivity index (χ1n) is 18.5. The molecule has 0 radical (unpaired) electrons. The van der Waals surface area contributed by atoms with Gasteiger partial charge in [-0.3, -0.25) is 19.2 Å². The molecular formula is C38H59N5O7S. The van der Waals surface area contributed by atoms with Gasteiger partial charge in [0.1, 0.15) is 12.1 Å². The highest BCUT2D eigenvalue weighted by atomic mass is 32.2. The first-order valence-corrected chi connectivity index (χ1v) is 20.2. The second kappa shape index (κ2) is 15.3. The van der Waals surface area contributed by atoms with Crippen molar-refractivity contribution in [1.82, 2.24) is 26.2 Å². The van der Waals surface area contributed by atoms with Crippen LogP contribution in [0.25, 0.3) is 0 Å². The average Bonchev–Trinajstić information content (AvgIpc) is 3.42. The van der Waals surface area contributed by atoms with Crippen molar-refractivity contribution < 1.29 is 32.4 Å². The van der Waals surface area contributed by atoms with E-state index >= 15 is 0 Å². The minimum Gasteiger partial charge on any atom is -0.346 e. The maximum Gasteiger partial charge on any atom is 0.315 e. The second-order valence-electron chi connectivity index (χ2n) is 17.2. The Labute approximate surface area is 304 Å². The Kier molecular flexibility index (Phi) is 12.1. The molecule has 3 aliphatic carbocycles. The summed E-state index contributed by atoms with van der Waals surface area (Å²) < 4.78 is 25.8. The molecule has 284 valence electrons. The van der Waals surface area contributed by atoms with Crippen molar-refractivity contribution in [3.63, 3.8) is 0 Å². The van der Waals surface area contributed by atoms with E-state index in [4.69, 9.17) is 6.42 Å². The third-order valence-corrected chi connectivity index (χ3v) is 15.0. The summed E-state index contributed by atoms with van der Waals surface area (Å²) in [7, 11) is -3.58. The van der Waals surface area contributed by atoms with E-state index in [1.807, 2.05) is 20.8 Å². The largest absolute Gasteiger partial charge is 0.346 e. The van der Waals surface area contributed by atoms with Crippen LogP contribution in [-0.2, 0) is 29.0 Å². The number of Topliss-reactive ketones (excluding diaryl/α,β-unsaturated/α-hetero) is 1. The first-order chi connectivity index (χ1) is 23.7. The Bertz CT molecular complexity index is 1530. The molecule has 5 atom stereocenters. The van der Waals surface area contributed by atoms with Crippen LogP contribution in [-0.4, -0.2) is 90.1 Å². The fourth-order valence-corrected chi connectivity index (χ4v) is 10.2. The summed E-state index contributed by atoms with van der Waals surface area (Å²) in [6, 6.07) is -3.67. The van der Waals surface area contributed by atoms with E-state index < -0.39 is 67.3 Å². The smallest absolute Gasteiger partial charge is 0.315 e. The van der Waals surface area contributed by atoms with Crippen molar-refractivity contribution in [3.05, 3.63) is 12.7 Å².